The number of aliphatic hydroxyl groups excluding tert-OH is 4. The Morgan fingerprint density at radius 1 is 1.25 bits per heavy atom. The van der Waals surface area contributed by atoms with Gasteiger partial charge in [0, 0.05) is 0 Å². The summed E-state index contributed by atoms with van der Waals surface area (Å²) in [6, 6.07) is -2.74. The van der Waals surface area contributed by atoms with Crippen molar-refractivity contribution in [3.8, 4) is 0 Å². The molecular formula is C10H18N2O8. The number of nitrogens with one attached hydrogen (secondary N) is 1. The number of carboxylic acid groups (broad SMARTS) is 1. The second-order valence-electron chi connectivity index (χ2n) is 4.47. The van der Waals surface area contributed by atoms with Gasteiger partial charge in [-0.1, -0.05) is 0 Å². The van der Waals surface area contributed by atoms with Crippen LogP contribution >= 0.6 is 0 Å². The van der Waals surface area contributed by atoms with E-state index in [0.29, 0.717) is 0 Å². The summed E-state index contributed by atoms with van der Waals surface area (Å²) in [4.78, 5) is 22.1. The van der Waals surface area contributed by atoms with Gasteiger partial charge >= 0.3 is 5.97 Å². The van der Waals surface area contributed by atoms with E-state index in [1.54, 1.807) is 0 Å². The van der Waals surface area contributed by atoms with Crippen LogP contribution in [0.5, 0.6) is 0 Å². The highest BCUT2D eigenvalue weighted by Gasteiger charge is 2.44. The topological polar surface area (TPSA) is 183 Å². The van der Waals surface area contributed by atoms with Crippen molar-refractivity contribution >= 4 is 11.9 Å². The molecule has 1 aliphatic heterocycles. The third kappa shape index (κ3) is 3.85. The van der Waals surface area contributed by atoms with Gasteiger partial charge in [0.15, 0.2) is 6.29 Å². The predicted molar refractivity (Wildman–Crippen MR) is 62.1 cm³/mol. The molecule has 10 nitrogen and oxygen atoms in total. The SMILES string of the molecule is N[C@@H](CC(=O)N[C@@H]1[C@H](O)[C@@H](CO)OC(O)[C@@H]1O)C(=O)O. The molecule has 1 unspecified atom stereocenters. The molecule has 1 heterocycles. The minimum absolute atomic E-state index is 0.563. The Labute approximate surface area is 113 Å². The third-order valence-electron chi connectivity index (χ3n) is 2.95. The van der Waals surface area contributed by atoms with Crippen molar-refractivity contribution in [2.45, 2.75) is 43.1 Å². The average molecular weight is 294 g/mol. The van der Waals surface area contributed by atoms with Crippen molar-refractivity contribution in [3.05, 3.63) is 0 Å². The molecule has 20 heavy (non-hydrogen) atoms. The van der Waals surface area contributed by atoms with Crippen LogP contribution in [0.4, 0.5) is 0 Å². The summed E-state index contributed by atoms with van der Waals surface area (Å²) in [5.41, 5.74) is 5.17. The summed E-state index contributed by atoms with van der Waals surface area (Å²) >= 11 is 0. The van der Waals surface area contributed by atoms with Crippen LogP contribution < -0.4 is 11.1 Å². The molecule has 1 fully saturated rings. The van der Waals surface area contributed by atoms with Crippen LogP contribution in [0.2, 0.25) is 0 Å². The van der Waals surface area contributed by atoms with Crippen LogP contribution in [0.25, 0.3) is 0 Å². The van der Waals surface area contributed by atoms with E-state index >= 15 is 0 Å². The summed E-state index contributed by atoms with van der Waals surface area (Å²) in [6.07, 6.45) is -6.55. The van der Waals surface area contributed by atoms with E-state index in [9.17, 15) is 24.9 Å². The fourth-order valence-electron chi connectivity index (χ4n) is 1.80. The lowest BCUT2D eigenvalue weighted by molar-refractivity contribution is -0.261. The molecule has 0 saturated carbocycles. The Balaban J connectivity index is 2.67. The quantitative estimate of drug-likeness (QED) is 0.263. The summed E-state index contributed by atoms with van der Waals surface area (Å²) in [7, 11) is 0. The summed E-state index contributed by atoms with van der Waals surface area (Å²) in [6.45, 7) is -0.633. The molecule has 0 spiro atoms. The van der Waals surface area contributed by atoms with E-state index in [0.717, 1.165) is 0 Å². The lowest BCUT2D eigenvalue weighted by Crippen LogP contribution is -2.64. The van der Waals surface area contributed by atoms with E-state index in [4.69, 9.17) is 20.7 Å². The zero-order valence-corrected chi connectivity index (χ0v) is 10.4. The Morgan fingerprint density at radius 3 is 2.35 bits per heavy atom. The van der Waals surface area contributed by atoms with Gasteiger partial charge in [0.1, 0.15) is 24.4 Å². The van der Waals surface area contributed by atoms with Crippen molar-refractivity contribution in [2.75, 3.05) is 6.61 Å². The second kappa shape index (κ2) is 6.92. The maximum atomic E-state index is 11.6. The number of hydrogen-bond acceptors (Lipinski definition) is 8. The molecule has 1 aliphatic rings. The first-order valence-electron chi connectivity index (χ1n) is 5.86. The van der Waals surface area contributed by atoms with Gasteiger partial charge in [0.25, 0.3) is 0 Å². The normalized spacial score (nSPS) is 35.4. The van der Waals surface area contributed by atoms with Crippen molar-refractivity contribution in [3.63, 3.8) is 0 Å². The summed E-state index contributed by atoms with van der Waals surface area (Å²) in [5.74, 6) is -2.20. The van der Waals surface area contributed by atoms with Gasteiger partial charge in [-0.05, 0) is 0 Å². The molecule has 0 aromatic rings. The third-order valence-corrected chi connectivity index (χ3v) is 2.95. The molecule has 0 radical (unpaired) electrons. The highest BCUT2D eigenvalue weighted by Crippen LogP contribution is 2.19. The molecule has 0 aliphatic carbocycles. The molecule has 1 amide bonds. The Kier molecular flexibility index (Phi) is 5.80. The number of carbonyl (C=O) groups excluding carboxylic acids is 1. The van der Waals surface area contributed by atoms with Gasteiger partial charge in [-0.25, -0.2) is 0 Å². The lowest BCUT2D eigenvalue weighted by atomic mass is 9.96. The first-order chi connectivity index (χ1) is 9.27. The molecule has 8 N–H and O–H groups in total. The standard InChI is InChI=1S/C10H18N2O8/c11-3(9(17)18)1-5(14)12-6-7(15)4(2-13)20-10(19)8(6)16/h3-4,6-8,10,13,15-16,19H,1-2,11H2,(H,12,14)(H,17,18)/t3-,4+,6+,7+,8+,10?/m0/s1. The van der Waals surface area contributed by atoms with Gasteiger partial charge in [-0.2, -0.15) is 0 Å². The van der Waals surface area contributed by atoms with Gasteiger partial charge in [0.05, 0.1) is 19.1 Å². The van der Waals surface area contributed by atoms with Crippen LogP contribution in [-0.4, -0.2) is 80.7 Å². The maximum Gasteiger partial charge on any atom is 0.321 e. The Hall–Kier alpha value is -1.30. The van der Waals surface area contributed by atoms with Crippen molar-refractivity contribution in [2.24, 2.45) is 5.73 Å². The zero-order valence-electron chi connectivity index (χ0n) is 10.4. The Morgan fingerprint density at radius 2 is 1.85 bits per heavy atom. The van der Waals surface area contributed by atoms with E-state index in [2.05, 4.69) is 5.32 Å². The zero-order chi connectivity index (χ0) is 15.4. The second-order valence-corrected chi connectivity index (χ2v) is 4.47. The number of carbonyl (C=O) groups is 2. The van der Waals surface area contributed by atoms with Crippen molar-refractivity contribution in [1.29, 1.82) is 0 Å². The number of nitrogens with two attached hydrogens (primary N) is 1. The number of aliphatic hydroxyl groups is 4. The van der Waals surface area contributed by atoms with Gasteiger partial charge < -0.3 is 41.3 Å². The molecule has 1 saturated heterocycles. The first kappa shape index (κ1) is 16.8. The molecule has 10 heteroatoms. The van der Waals surface area contributed by atoms with Crippen LogP contribution in [0.1, 0.15) is 6.42 Å². The van der Waals surface area contributed by atoms with E-state index in [-0.39, 0.29) is 0 Å². The molecular weight excluding hydrogens is 276 g/mol. The molecule has 0 aromatic heterocycles. The maximum absolute atomic E-state index is 11.6. The highest BCUT2D eigenvalue weighted by molar-refractivity contribution is 5.84. The molecule has 116 valence electrons. The van der Waals surface area contributed by atoms with E-state index in [1.165, 1.54) is 0 Å². The molecule has 6 atom stereocenters. The minimum Gasteiger partial charge on any atom is -0.480 e. The van der Waals surface area contributed by atoms with Crippen LogP contribution in [0.15, 0.2) is 0 Å². The fraction of sp³-hybridized carbons (Fsp3) is 0.800. The monoisotopic (exact) mass is 294 g/mol. The molecule has 1 rings (SSSR count). The molecule has 0 aromatic carbocycles. The number of amides is 1. The van der Waals surface area contributed by atoms with Crippen molar-refractivity contribution < 1.29 is 39.9 Å². The largest absolute Gasteiger partial charge is 0.480 e. The predicted octanol–water partition coefficient (Wildman–Crippen LogP) is -4.30. The fourth-order valence-corrected chi connectivity index (χ4v) is 1.80. The van der Waals surface area contributed by atoms with E-state index < -0.39 is 61.6 Å². The number of carboxylic acids is 1. The summed E-state index contributed by atoms with van der Waals surface area (Å²) in [5, 5.41) is 48.5. The van der Waals surface area contributed by atoms with Gasteiger partial charge in [-0.15, -0.1) is 0 Å². The Bertz CT molecular complexity index is 365. The van der Waals surface area contributed by atoms with E-state index in [1.807, 2.05) is 0 Å². The number of ether oxygens (including phenoxy) is 1. The number of aliphatic carboxylic acids is 1. The highest BCUT2D eigenvalue weighted by atomic mass is 16.6. The average Bonchev–Trinajstić information content (AvgIpc) is 2.38. The smallest absolute Gasteiger partial charge is 0.321 e. The van der Waals surface area contributed by atoms with Crippen molar-refractivity contribution in [1.82, 2.24) is 5.32 Å². The van der Waals surface area contributed by atoms with Crippen LogP contribution in [0.3, 0.4) is 0 Å². The first-order valence-corrected chi connectivity index (χ1v) is 5.86. The number of hydrogen-bond donors (Lipinski definition) is 7. The summed E-state index contributed by atoms with van der Waals surface area (Å²) < 4.78 is 4.73. The van der Waals surface area contributed by atoms with Crippen LogP contribution in [0, 0.1) is 0 Å². The molecule has 0 bridgehead atoms. The number of rotatable bonds is 5. The van der Waals surface area contributed by atoms with Crippen LogP contribution in [-0.2, 0) is 14.3 Å². The van der Waals surface area contributed by atoms with Gasteiger partial charge in [-0.3, -0.25) is 9.59 Å². The lowest BCUT2D eigenvalue weighted by Gasteiger charge is -2.40. The minimum atomic E-state index is -1.70. The van der Waals surface area contributed by atoms with Gasteiger partial charge in [0.2, 0.25) is 5.91 Å².